The van der Waals surface area contributed by atoms with Gasteiger partial charge in [-0.2, -0.15) is 14.7 Å². The van der Waals surface area contributed by atoms with E-state index >= 15 is 0 Å². The second-order valence-corrected chi connectivity index (χ2v) is 10.3. The molecule has 4 aromatic rings. The maximum atomic E-state index is 13.2. The number of H-pyrrole nitrogens is 1. The van der Waals surface area contributed by atoms with E-state index < -0.39 is 10.0 Å². The number of benzene rings is 2. The van der Waals surface area contributed by atoms with Crippen LogP contribution < -0.4 is 0 Å². The third-order valence-electron chi connectivity index (χ3n) is 6.23. The third-order valence-corrected chi connectivity index (χ3v) is 8.21. The lowest BCUT2D eigenvalue weighted by Crippen LogP contribution is -2.34. The number of nitrogens with zero attached hydrogens (tertiary/aromatic N) is 4. The summed E-state index contributed by atoms with van der Waals surface area (Å²) >= 11 is 0. The zero-order chi connectivity index (χ0) is 22.3. The number of nitriles is 1. The molecule has 1 fully saturated rings. The first-order chi connectivity index (χ1) is 15.5. The molecule has 2 atom stereocenters. The molecule has 0 amide bonds. The predicted molar refractivity (Wildman–Crippen MR) is 122 cm³/mol. The van der Waals surface area contributed by atoms with Crippen LogP contribution in [0.2, 0.25) is 0 Å². The standard InChI is InChI=1S/C24H23N5O2S/c1-17-9-19(16-29(17)32(30,31)23-4-2-3-18(10-23)12-25)15-28-8-7-21-11-20(5-6-24(21)28)22-13-26-27-14-22/h2-8,10-11,13-14,17,19H,9,15-16H2,1H3,(H,26,27)/t17-,19?/m0/s1. The number of hydrogen-bond donors (Lipinski definition) is 1. The van der Waals surface area contributed by atoms with Gasteiger partial charge in [0.2, 0.25) is 10.0 Å². The Morgan fingerprint density at radius 1 is 1.19 bits per heavy atom. The van der Waals surface area contributed by atoms with Gasteiger partial charge in [0.05, 0.1) is 22.7 Å². The molecular formula is C24H23N5O2S. The maximum absolute atomic E-state index is 13.2. The Morgan fingerprint density at radius 3 is 2.84 bits per heavy atom. The maximum Gasteiger partial charge on any atom is 0.243 e. The third kappa shape index (κ3) is 3.60. The Kier molecular flexibility index (Phi) is 5.08. The lowest BCUT2D eigenvalue weighted by Gasteiger charge is -2.21. The number of fused-ring (bicyclic) bond motifs is 1. The van der Waals surface area contributed by atoms with Crippen LogP contribution in [0.4, 0.5) is 0 Å². The van der Waals surface area contributed by atoms with E-state index in [1.54, 1.807) is 28.7 Å². The first kappa shape index (κ1) is 20.5. The molecule has 1 saturated heterocycles. The molecule has 2 aromatic heterocycles. The predicted octanol–water partition coefficient (Wildman–Crippen LogP) is 4.00. The van der Waals surface area contributed by atoms with Gasteiger partial charge in [0.15, 0.2) is 0 Å². The quantitative estimate of drug-likeness (QED) is 0.502. The van der Waals surface area contributed by atoms with Gasteiger partial charge in [-0.15, -0.1) is 0 Å². The van der Waals surface area contributed by atoms with Gasteiger partial charge < -0.3 is 4.57 Å². The van der Waals surface area contributed by atoms with Crippen LogP contribution in [0, 0.1) is 17.2 Å². The smallest absolute Gasteiger partial charge is 0.243 e. The molecule has 5 rings (SSSR count). The number of sulfonamides is 1. The molecule has 0 aliphatic carbocycles. The molecule has 162 valence electrons. The van der Waals surface area contributed by atoms with Crippen LogP contribution in [0.1, 0.15) is 18.9 Å². The van der Waals surface area contributed by atoms with Crippen molar-refractivity contribution >= 4 is 20.9 Å². The van der Waals surface area contributed by atoms with Gasteiger partial charge in [0, 0.05) is 48.0 Å². The van der Waals surface area contributed by atoms with Crippen LogP contribution in [0.3, 0.4) is 0 Å². The average Bonchev–Trinajstić information content (AvgIpc) is 3.54. The fourth-order valence-electron chi connectivity index (χ4n) is 4.66. The zero-order valence-corrected chi connectivity index (χ0v) is 18.5. The average molecular weight is 446 g/mol. The Bertz CT molecular complexity index is 1420. The van der Waals surface area contributed by atoms with Crippen LogP contribution in [0.15, 0.2) is 72.0 Å². The second-order valence-electron chi connectivity index (χ2n) is 8.39. The van der Waals surface area contributed by atoms with Crippen molar-refractivity contribution in [2.24, 2.45) is 5.92 Å². The minimum absolute atomic E-state index is 0.0924. The van der Waals surface area contributed by atoms with Crippen molar-refractivity contribution in [2.45, 2.75) is 30.8 Å². The van der Waals surface area contributed by atoms with E-state index in [1.165, 1.54) is 6.07 Å². The topological polar surface area (TPSA) is 94.8 Å². The Morgan fingerprint density at radius 2 is 2.06 bits per heavy atom. The van der Waals surface area contributed by atoms with E-state index in [4.69, 9.17) is 5.26 Å². The Labute approximate surface area is 187 Å². The van der Waals surface area contributed by atoms with Gasteiger partial charge in [-0.1, -0.05) is 12.1 Å². The van der Waals surface area contributed by atoms with Crippen molar-refractivity contribution < 1.29 is 8.42 Å². The highest BCUT2D eigenvalue weighted by Crippen LogP contribution is 2.32. The lowest BCUT2D eigenvalue weighted by atomic mass is 10.1. The van der Waals surface area contributed by atoms with Crippen molar-refractivity contribution in [1.29, 1.82) is 5.26 Å². The fourth-order valence-corrected chi connectivity index (χ4v) is 6.43. The normalized spacial score (nSPS) is 19.4. The highest BCUT2D eigenvalue weighted by molar-refractivity contribution is 7.89. The zero-order valence-electron chi connectivity index (χ0n) is 17.6. The molecule has 0 saturated carbocycles. The van der Waals surface area contributed by atoms with Gasteiger partial charge in [-0.25, -0.2) is 8.42 Å². The molecule has 8 heteroatoms. The first-order valence-electron chi connectivity index (χ1n) is 10.6. The van der Waals surface area contributed by atoms with Gasteiger partial charge in [0.25, 0.3) is 0 Å². The summed E-state index contributed by atoms with van der Waals surface area (Å²) in [5.41, 5.74) is 3.64. The van der Waals surface area contributed by atoms with Crippen molar-refractivity contribution in [3.8, 4) is 17.2 Å². The number of nitrogens with one attached hydrogen (secondary N) is 1. The molecule has 2 aromatic carbocycles. The monoisotopic (exact) mass is 445 g/mol. The summed E-state index contributed by atoms with van der Waals surface area (Å²) in [6.45, 7) is 3.17. The summed E-state index contributed by atoms with van der Waals surface area (Å²) in [4.78, 5) is 0.183. The van der Waals surface area contributed by atoms with Crippen LogP contribution in [-0.2, 0) is 16.6 Å². The van der Waals surface area contributed by atoms with E-state index in [2.05, 4.69) is 45.2 Å². The van der Waals surface area contributed by atoms with Gasteiger partial charge >= 0.3 is 0 Å². The molecule has 1 unspecified atom stereocenters. The number of hydrogen-bond acceptors (Lipinski definition) is 4. The fraction of sp³-hybridized carbons (Fsp3) is 0.250. The highest BCUT2D eigenvalue weighted by Gasteiger charge is 2.38. The second kappa shape index (κ2) is 7.93. The van der Waals surface area contributed by atoms with Gasteiger partial charge in [0.1, 0.15) is 0 Å². The van der Waals surface area contributed by atoms with E-state index in [9.17, 15) is 8.42 Å². The lowest BCUT2D eigenvalue weighted by molar-refractivity contribution is 0.399. The molecule has 0 bridgehead atoms. The molecule has 1 aliphatic heterocycles. The summed E-state index contributed by atoms with van der Waals surface area (Å²) in [6.07, 6.45) is 6.55. The van der Waals surface area contributed by atoms with Crippen LogP contribution in [0.25, 0.3) is 22.0 Å². The van der Waals surface area contributed by atoms with E-state index in [0.29, 0.717) is 12.1 Å². The van der Waals surface area contributed by atoms with Gasteiger partial charge in [-0.05, 0) is 61.2 Å². The van der Waals surface area contributed by atoms with Gasteiger partial charge in [-0.3, -0.25) is 5.10 Å². The summed E-state index contributed by atoms with van der Waals surface area (Å²) in [5.74, 6) is 0.211. The molecule has 32 heavy (non-hydrogen) atoms. The van der Waals surface area contributed by atoms with Crippen molar-refractivity contribution in [3.63, 3.8) is 0 Å². The molecule has 7 nitrogen and oxygen atoms in total. The first-order valence-corrected chi connectivity index (χ1v) is 12.0. The molecule has 3 heterocycles. The summed E-state index contributed by atoms with van der Waals surface area (Å²) in [5, 5.41) is 17.1. The summed E-state index contributed by atoms with van der Waals surface area (Å²) in [6, 6.07) is 16.6. The molecule has 0 spiro atoms. The largest absolute Gasteiger partial charge is 0.347 e. The Hall–Kier alpha value is -3.41. The van der Waals surface area contributed by atoms with E-state index in [1.807, 2.05) is 19.2 Å². The van der Waals surface area contributed by atoms with Crippen molar-refractivity contribution in [1.82, 2.24) is 19.1 Å². The Balaban J connectivity index is 1.36. The van der Waals surface area contributed by atoms with Crippen LogP contribution in [0.5, 0.6) is 0 Å². The number of rotatable bonds is 5. The van der Waals surface area contributed by atoms with E-state index in [-0.39, 0.29) is 16.9 Å². The van der Waals surface area contributed by atoms with E-state index in [0.717, 1.165) is 35.0 Å². The van der Waals surface area contributed by atoms with Crippen LogP contribution in [-0.4, -0.2) is 40.1 Å². The summed E-state index contributed by atoms with van der Waals surface area (Å²) in [7, 11) is -3.64. The van der Waals surface area contributed by atoms with Crippen molar-refractivity contribution in [2.75, 3.05) is 6.54 Å². The number of aromatic nitrogens is 3. The highest BCUT2D eigenvalue weighted by atomic mass is 32.2. The minimum Gasteiger partial charge on any atom is -0.347 e. The molecule has 1 aliphatic rings. The molecule has 1 N–H and O–H groups in total. The number of aromatic amines is 1. The molecule has 0 radical (unpaired) electrons. The van der Waals surface area contributed by atoms with Crippen LogP contribution >= 0.6 is 0 Å². The molecular weight excluding hydrogens is 422 g/mol. The SMILES string of the molecule is C[C@H]1CC(Cn2ccc3cc(-c4cn[nH]c4)ccc32)CN1S(=O)(=O)c1cccc(C#N)c1. The summed E-state index contributed by atoms with van der Waals surface area (Å²) < 4.78 is 30.2. The van der Waals surface area contributed by atoms with Crippen molar-refractivity contribution in [3.05, 3.63) is 72.7 Å². The minimum atomic E-state index is -3.64.